The van der Waals surface area contributed by atoms with Crippen LogP contribution in [0.15, 0.2) is 30.5 Å². The standard InChI is InChI=1S/C38H46FN7O6/c1-23-10-11-28-27(20-41-46(28)32-9-7-8-16-49-32)35(23)50-29-18-24(39)17-25-33(29)42-36(51-31-22-43(5)21-30(31)48-6)26(19-40)34(25)44-12-14-45(15-13-44)37(47)52-38(2,3)4/h10-11,17-18,20,30-32H,7-9,12-16,21-22H2,1-6H3/t30-,31-,32?/m1/s1. The summed E-state index contributed by atoms with van der Waals surface area (Å²) < 4.78 is 48.2. The maximum absolute atomic E-state index is 15.8. The Hall–Kier alpha value is -4.71. The Kier molecular flexibility index (Phi) is 9.86. The van der Waals surface area contributed by atoms with Crippen LogP contribution in [0.2, 0.25) is 0 Å². The molecule has 4 aromatic rings. The average molecular weight is 716 g/mol. The lowest BCUT2D eigenvalue weighted by atomic mass is 10.1. The molecule has 0 saturated carbocycles. The molecule has 1 unspecified atom stereocenters. The molecule has 0 aliphatic carbocycles. The molecule has 3 aliphatic rings. The zero-order valence-electron chi connectivity index (χ0n) is 30.6. The first-order valence-electron chi connectivity index (χ1n) is 17.9. The van der Waals surface area contributed by atoms with Crippen molar-refractivity contribution in [3.8, 4) is 23.4 Å². The number of pyridine rings is 1. The lowest BCUT2D eigenvalue weighted by Gasteiger charge is -2.37. The zero-order valence-corrected chi connectivity index (χ0v) is 30.6. The minimum absolute atomic E-state index is 0.107. The molecular formula is C38H46FN7O6. The molecule has 5 heterocycles. The number of aryl methyl sites for hydroxylation is 1. The first kappa shape index (κ1) is 35.7. The third kappa shape index (κ3) is 7.05. The van der Waals surface area contributed by atoms with E-state index >= 15 is 4.39 Å². The number of hydrogen-bond donors (Lipinski definition) is 0. The smallest absolute Gasteiger partial charge is 0.410 e. The van der Waals surface area contributed by atoms with Crippen LogP contribution in [0.1, 0.15) is 57.4 Å². The molecule has 7 rings (SSSR count). The largest absolute Gasteiger partial charge is 0.469 e. The molecule has 0 spiro atoms. The summed E-state index contributed by atoms with van der Waals surface area (Å²) in [4.78, 5) is 23.5. The summed E-state index contributed by atoms with van der Waals surface area (Å²) in [5.41, 5.74) is 2.01. The van der Waals surface area contributed by atoms with Crippen molar-refractivity contribution in [1.29, 1.82) is 5.26 Å². The number of methoxy groups -OCH3 is 1. The summed E-state index contributed by atoms with van der Waals surface area (Å²) in [5.74, 6) is 0.241. The highest BCUT2D eigenvalue weighted by molar-refractivity contribution is 5.99. The molecule has 276 valence electrons. The van der Waals surface area contributed by atoms with Crippen molar-refractivity contribution in [3.05, 3.63) is 47.4 Å². The van der Waals surface area contributed by atoms with E-state index < -0.39 is 23.6 Å². The minimum atomic E-state index is -0.636. The van der Waals surface area contributed by atoms with E-state index in [1.165, 1.54) is 12.1 Å². The van der Waals surface area contributed by atoms with Crippen molar-refractivity contribution in [3.63, 3.8) is 0 Å². The van der Waals surface area contributed by atoms with E-state index in [4.69, 9.17) is 28.7 Å². The SMILES string of the molecule is CO[C@@H]1CN(C)C[C@H]1Oc1nc2c(Oc3c(C)ccc4c3cnn4C3CCCCO3)cc(F)cc2c(N2CCN(C(=O)OC(C)(C)C)CC2)c1C#N. The number of rotatable bonds is 7. The van der Waals surface area contributed by atoms with Crippen molar-refractivity contribution in [2.24, 2.45) is 0 Å². The normalized spacial score (nSPS) is 21.5. The van der Waals surface area contributed by atoms with Gasteiger partial charge in [-0.25, -0.2) is 18.9 Å². The molecule has 14 heteroatoms. The van der Waals surface area contributed by atoms with Crippen LogP contribution in [0.5, 0.6) is 17.4 Å². The lowest BCUT2D eigenvalue weighted by Crippen LogP contribution is -2.50. The van der Waals surface area contributed by atoms with E-state index in [-0.39, 0.29) is 29.5 Å². The molecule has 2 aromatic heterocycles. The number of anilines is 1. The van der Waals surface area contributed by atoms with Crippen LogP contribution in [0.25, 0.3) is 21.8 Å². The third-order valence-electron chi connectivity index (χ3n) is 9.85. The lowest BCUT2D eigenvalue weighted by molar-refractivity contribution is -0.0366. The number of aromatic nitrogens is 3. The Morgan fingerprint density at radius 3 is 2.54 bits per heavy atom. The van der Waals surface area contributed by atoms with Gasteiger partial charge in [-0.05, 0) is 71.7 Å². The van der Waals surface area contributed by atoms with Crippen molar-refractivity contribution in [2.75, 3.05) is 64.9 Å². The van der Waals surface area contributed by atoms with Gasteiger partial charge in [0.1, 0.15) is 46.5 Å². The predicted molar refractivity (Wildman–Crippen MR) is 193 cm³/mol. The monoisotopic (exact) mass is 715 g/mol. The third-order valence-corrected chi connectivity index (χ3v) is 9.85. The van der Waals surface area contributed by atoms with Crippen molar-refractivity contribution >= 4 is 33.6 Å². The number of benzene rings is 2. The highest BCUT2D eigenvalue weighted by Crippen LogP contribution is 2.43. The molecule has 1 amide bonds. The molecule has 52 heavy (non-hydrogen) atoms. The second-order valence-corrected chi connectivity index (χ2v) is 14.8. The molecule has 3 fully saturated rings. The average Bonchev–Trinajstić information content (AvgIpc) is 3.71. The Labute approximate surface area is 302 Å². The minimum Gasteiger partial charge on any atom is -0.469 e. The number of fused-ring (bicyclic) bond motifs is 2. The number of carbonyl (C=O) groups is 1. The maximum Gasteiger partial charge on any atom is 0.410 e. The second-order valence-electron chi connectivity index (χ2n) is 14.8. The number of hydrogen-bond acceptors (Lipinski definition) is 11. The Morgan fingerprint density at radius 1 is 1.08 bits per heavy atom. The molecule has 3 aliphatic heterocycles. The summed E-state index contributed by atoms with van der Waals surface area (Å²) in [7, 11) is 3.61. The van der Waals surface area contributed by atoms with Gasteiger partial charge in [-0.2, -0.15) is 10.4 Å². The quantitative estimate of drug-likeness (QED) is 0.218. The molecule has 0 N–H and O–H groups in total. The van der Waals surface area contributed by atoms with Gasteiger partial charge in [-0.3, -0.25) is 4.90 Å². The van der Waals surface area contributed by atoms with E-state index in [1.54, 1.807) is 18.2 Å². The number of nitrogens with zero attached hydrogens (tertiary/aromatic N) is 7. The van der Waals surface area contributed by atoms with Crippen LogP contribution in [-0.4, -0.2) is 108 Å². The molecule has 13 nitrogen and oxygen atoms in total. The Bertz CT molecular complexity index is 2010. The van der Waals surface area contributed by atoms with Crippen molar-refractivity contribution < 1.29 is 32.9 Å². The van der Waals surface area contributed by atoms with Gasteiger partial charge >= 0.3 is 6.09 Å². The number of nitriles is 1. The van der Waals surface area contributed by atoms with Crippen LogP contribution >= 0.6 is 0 Å². The first-order valence-corrected chi connectivity index (χ1v) is 17.9. The molecular weight excluding hydrogens is 669 g/mol. The number of halogens is 1. The maximum atomic E-state index is 15.8. The van der Waals surface area contributed by atoms with E-state index in [2.05, 4.69) is 16.1 Å². The highest BCUT2D eigenvalue weighted by Gasteiger charge is 2.36. The van der Waals surface area contributed by atoms with E-state index in [0.29, 0.717) is 68.2 Å². The van der Waals surface area contributed by atoms with E-state index in [9.17, 15) is 10.1 Å². The van der Waals surface area contributed by atoms with E-state index in [0.717, 1.165) is 35.7 Å². The number of likely N-dealkylation sites (N-methyl/N-ethyl adjacent to an activating group) is 1. The highest BCUT2D eigenvalue weighted by atomic mass is 19.1. The number of carbonyl (C=O) groups excluding carboxylic acids is 1. The van der Waals surface area contributed by atoms with E-state index in [1.807, 2.05) is 56.5 Å². The van der Waals surface area contributed by atoms with Gasteiger partial charge in [0.2, 0.25) is 5.88 Å². The number of piperazine rings is 1. The fourth-order valence-corrected chi connectivity index (χ4v) is 7.30. The van der Waals surface area contributed by atoms with Gasteiger partial charge in [0.15, 0.2) is 12.0 Å². The van der Waals surface area contributed by atoms with Crippen LogP contribution in [0.4, 0.5) is 14.9 Å². The fourth-order valence-electron chi connectivity index (χ4n) is 7.30. The van der Waals surface area contributed by atoms with Crippen LogP contribution in [-0.2, 0) is 14.2 Å². The Morgan fingerprint density at radius 2 is 1.85 bits per heavy atom. The number of amides is 1. The Balaban J connectivity index is 1.32. The van der Waals surface area contributed by atoms with Crippen molar-refractivity contribution in [1.82, 2.24) is 24.6 Å². The summed E-state index contributed by atoms with van der Waals surface area (Å²) in [6.07, 6.45) is 3.46. The van der Waals surface area contributed by atoms with Crippen LogP contribution in [0, 0.1) is 24.1 Å². The number of likely N-dealkylation sites (tertiary alicyclic amines) is 1. The van der Waals surface area contributed by atoms with Gasteiger partial charge in [0.25, 0.3) is 0 Å². The topological polar surface area (TPSA) is 127 Å². The summed E-state index contributed by atoms with van der Waals surface area (Å²) >= 11 is 0. The zero-order chi connectivity index (χ0) is 36.7. The van der Waals surface area contributed by atoms with Gasteiger partial charge < -0.3 is 33.5 Å². The van der Waals surface area contributed by atoms with Crippen LogP contribution in [0.3, 0.4) is 0 Å². The molecule has 0 radical (unpaired) electrons. The van der Waals surface area contributed by atoms with Gasteiger partial charge in [0.05, 0.1) is 22.8 Å². The molecule has 3 saturated heterocycles. The predicted octanol–water partition coefficient (Wildman–Crippen LogP) is 6.16. The summed E-state index contributed by atoms with van der Waals surface area (Å²) in [5, 5.41) is 16.5. The second kappa shape index (κ2) is 14.4. The van der Waals surface area contributed by atoms with Crippen LogP contribution < -0.4 is 14.4 Å². The van der Waals surface area contributed by atoms with Gasteiger partial charge in [-0.15, -0.1) is 0 Å². The first-order chi connectivity index (χ1) is 24.9. The molecule has 3 atom stereocenters. The summed E-state index contributed by atoms with van der Waals surface area (Å²) in [6, 6.07) is 8.95. The fraction of sp³-hybridized carbons (Fsp3) is 0.526. The summed E-state index contributed by atoms with van der Waals surface area (Å²) in [6.45, 7) is 10.7. The van der Waals surface area contributed by atoms with Crippen molar-refractivity contribution in [2.45, 2.75) is 71.0 Å². The number of ether oxygens (including phenoxy) is 5. The molecule has 2 aromatic carbocycles. The molecule has 0 bridgehead atoms. The van der Waals surface area contributed by atoms with Gasteiger partial charge in [0, 0.05) is 64.4 Å². The van der Waals surface area contributed by atoms with Gasteiger partial charge in [-0.1, -0.05) is 6.07 Å².